The predicted molar refractivity (Wildman–Crippen MR) is 143 cm³/mol. The highest BCUT2D eigenvalue weighted by Gasteiger charge is 2.39. The Hall–Kier alpha value is -3.59. The Bertz CT molecular complexity index is 1400. The first-order valence-corrected chi connectivity index (χ1v) is 13.4. The second kappa shape index (κ2) is 11.3. The number of carbonyl (C=O) groups is 2. The van der Waals surface area contributed by atoms with Crippen molar-refractivity contribution in [3.63, 3.8) is 0 Å². The van der Waals surface area contributed by atoms with Gasteiger partial charge in [-0.25, -0.2) is 9.97 Å². The van der Waals surface area contributed by atoms with Crippen molar-refractivity contribution >= 4 is 17.4 Å². The molecular weight excluding hydrogens is 505 g/mol. The highest BCUT2D eigenvalue weighted by molar-refractivity contribution is 6.00. The first kappa shape index (κ1) is 27.0. The Labute approximate surface area is 225 Å². The number of aromatic nitrogens is 2. The van der Waals surface area contributed by atoms with Crippen molar-refractivity contribution in [2.75, 3.05) is 31.5 Å². The number of halogens is 3. The molecule has 0 spiro atoms. The Morgan fingerprint density at radius 2 is 1.79 bits per heavy atom. The second-order valence-corrected chi connectivity index (χ2v) is 10.3. The molecule has 1 N–H and O–H groups in total. The minimum Gasteiger partial charge on any atom is -0.369 e. The molecule has 1 aromatic heterocycles. The number of rotatable bonds is 9. The van der Waals surface area contributed by atoms with E-state index in [-0.39, 0.29) is 12.2 Å². The van der Waals surface area contributed by atoms with Crippen LogP contribution < -0.4 is 5.32 Å². The van der Waals surface area contributed by atoms with Crippen LogP contribution >= 0.6 is 0 Å². The zero-order valence-electron chi connectivity index (χ0n) is 21.9. The smallest absolute Gasteiger partial charge is 0.369 e. The molecule has 2 aliphatic rings. The molecule has 1 saturated heterocycles. The normalized spacial score (nSPS) is 15.1. The van der Waals surface area contributed by atoms with Crippen LogP contribution in [0.3, 0.4) is 0 Å². The van der Waals surface area contributed by atoms with E-state index in [1.807, 2.05) is 18.2 Å². The number of nitrogens with one attached hydrogen (secondary N) is 1. The zero-order chi connectivity index (χ0) is 27.6. The molecule has 6 nitrogen and oxygen atoms in total. The summed E-state index contributed by atoms with van der Waals surface area (Å²) < 4.78 is 38.9. The number of nitrogens with zero attached hydrogens (tertiary/aromatic N) is 3. The van der Waals surface area contributed by atoms with E-state index < -0.39 is 17.5 Å². The van der Waals surface area contributed by atoms with Gasteiger partial charge in [-0.2, -0.15) is 13.2 Å². The Morgan fingerprint density at radius 3 is 2.54 bits per heavy atom. The number of carbonyl (C=O) groups excluding carboxylic acids is 2. The molecule has 1 fully saturated rings. The van der Waals surface area contributed by atoms with Gasteiger partial charge in [0.2, 0.25) is 0 Å². The van der Waals surface area contributed by atoms with Crippen LogP contribution in [-0.2, 0) is 12.8 Å². The lowest BCUT2D eigenvalue weighted by Gasteiger charge is -2.26. The third kappa shape index (κ3) is 6.19. The molecule has 1 aliphatic carbocycles. The number of anilines is 1. The van der Waals surface area contributed by atoms with Gasteiger partial charge in [-0.1, -0.05) is 36.8 Å². The van der Waals surface area contributed by atoms with Crippen LogP contribution in [0.2, 0.25) is 0 Å². The number of benzene rings is 2. The standard InChI is InChI=1S/C30H31F3N4O2/c1-19(38)21-9-10-24-23(17-21)18-25-27(24)29(34-11-6-14-37-12-3-2-4-13-37)36-26(35-25)16-20-7-5-8-22(15-20)28(39)30(31,32)33/h5,7-10,15,17H,2-4,6,11-14,16,18H2,1H3,(H,34,35,36). The minimum atomic E-state index is -4.93. The van der Waals surface area contributed by atoms with Crippen molar-refractivity contribution < 1.29 is 22.8 Å². The lowest BCUT2D eigenvalue weighted by Crippen LogP contribution is -2.31. The van der Waals surface area contributed by atoms with Crippen molar-refractivity contribution in [2.45, 2.75) is 51.6 Å². The summed E-state index contributed by atoms with van der Waals surface area (Å²) in [4.78, 5) is 35.7. The van der Waals surface area contributed by atoms with E-state index in [2.05, 4.69) is 10.2 Å². The van der Waals surface area contributed by atoms with E-state index in [0.717, 1.165) is 55.0 Å². The summed E-state index contributed by atoms with van der Waals surface area (Å²) in [7, 11) is 0. The maximum absolute atomic E-state index is 13.0. The van der Waals surface area contributed by atoms with Gasteiger partial charge in [0.25, 0.3) is 5.78 Å². The Morgan fingerprint density at radius 1 is 1.00 bits per heavy atom. The van der Waals surface area contributed by atoms with Crippen LogP contribution in [-0.4, -0.2) is 58.8 Å². The van der Waals surface area contributed by atoms with E-state index in [0.29, 0.717) is 29.2 Å². The van der Waals surface area contributed by atoms with E-state index in [1.54, 1.807) is 6.07 Å². The third-order valence-corrected chi connectivity index (χ3v) is 7.37. The van der Waals surface area contributed by atoms with E-state index in [1.165, 1.54) is 44.4 Å². The molecule has 0 bridgehead atoms. The number of piperidine rings is 1. The van der Waals surface area contributed by atoms with Crippen molar-refractivity contribution in [3.8, 4) is 11.1 Å². The van der Waals surface area contributed by atoms with Crippen molar-refractivity contribution in [1.29, 1.82) is 0 Å². The summed E-state index contributed by atoms with van der Waals surface area (Å²) in [6, 6.07) is 11.2. The van der Waals surface area contributed by atoms with Gasteiger partial charge in [-0.05, 0) is 74.6 Å². The molecule has 2 aromatic carbocycles. The lowest BCUT2D eigenvalue weighted by molar-refractivity contribution is -0.0885. The highest BCUT2D eigenvalue weighted by Crippen LogP contribution is 2.40. The van der Waals surface area contributed by atoms with Crippen LogP contribution in [0, 0.1) is 0 Å². The Kier molecular flexibility index (Phi) is 7.79. The molecule has 9 heteroatoms. The van der Waals surface area contributed by atoms with Crippen LogP contribution in [0.15, 0.2) is 42.5 Å². The van der Waals surface area contributed by atoms with Crippen LogP contribution in [0.1, 0.15) is 76.0 Å². The molecule has 0 atom stereocenters. The molecule has 0 saturated carbocycles. The SMILES string of the molecule is CC(=O)c1ccc2c(c1)Cc1nc(Cc3cccc(C(=O)C(F)(F)F)c3)nc(NCCCN3CCCCC3)c1-2. The van der Waals surface area contributed by atoms with Gasteiger partial charge >= 0.3 is 6.18 Å². The van der Waals surface area contributed by atoms with Gasteiger partial charge < -0.3 is 10.2 Å². The number of hydrogen-bond donors (Lipinski definition) is 1. The maximum atomic E-state index is 13.0. The molecule has 5 rings (SSSR count). The average Bonchev–Trinajstić information content (AvgIpc) is 3.28. The second-order valence-electron chi connectivity index (χ2n) is 10.3. The third-order valence-electron chi connectivity index (χ3n) is 7.37. The molecule has 39 heavy (non-hydrogen) atoms. The number of ketones is 2. The lowest BCUT2D eigenvalue weighted by atomic mass is 10.0. The topological polar surface area (TPSA) is 75.2 Å². The molecule has 2 heterocycles. The number of Topliss-reactive ketones (excluding diaryl/α,β-unsaturated/α-hetero) is 2. The predicted octanol–water partition coefficient (Wildman–Crippen LogP) is 5.87. The summed E-state index contributed by atoms with van der Waals surface area (Å²) in [6.07, 6.45) is 0.517. The van der Waals surface area contributed by atoms with Crippen LogP contribution in [0.25, 0.3) is 11.1 Å². The molecule has 204 valence electrons. The number of alkyl halides is 3. The Balaban J connectivity index is 1.41. The molecule has 0 amide bonds. The van der Waals surface area contributed by atoms with E-state index in [9.17, 15) is 22.8 Å². The van der Waals surface area contributed by atoms with Crippen molar-refractivity contribution in [1.82, 2.24) is 14.9 Å². The van der Waals surface area contributed by atoms with E-state index in [4.69, 9.17) is 9.97 Å². The summed E-state index contributed by atoms with van der Waals surface area (Å²) in [5.74, 6) is -0.731. The van der Waals surface area contributed by atoms with Gasteiger partial charge in [-0.3, -0.25) is 9.59 Å². The molecule has 0 unspecified atom stereocenters. The average molecular weight is 537 g/mol. The minimum absolute atomic E-state index is 0.00937. The first-order chi connectivity index (χ1) is 18.7. The van der Waals surface area contributed by atoms with Gasteiger partial charge in [0.05, 0.1) is 5.69 Å². The number of hydrogen-bond acceptors (Lipinski definition) is 6. The zero-order valence-corrected chi connectivity index (χ0v) is 21.9. The number of fused-ring (bicyclic) bond motifs is 3. The highest BCUT2D eigenvalue weighted by atomic mass is 19.4. The van der Waals surface area contributed by atoms with Crippen molar-refractivity contribution in [3.05, 3.63) is 76.2 Å². The van der Waals surface area contributed by atoms with Crippen molar-refractivity contribution in [2.24, 2.45) is 0 Å². The summed E-state index contributed by atoms with van der Waals surface area (Å²) in [5.41, 5.74) is 4.46. The molecule has 0 radical (unpaired) electrons. The van der Waals surface area contributed by atoms with Gasteiger partial charge in [0, 0.05) is 36.1 Å². The maximum Gasteiger partial charge on any atom is 0.454 e. The molecule has 3 aromatic rings. The summed E-state index contributed by atoms with van der Waals surface area (Å²) in [5, 5.41) is 3.49. The van der Waals surface area contributed by atoms with Crippen LogP contribution in [0.4, 0.5) is 19.0 Å². The summed E-state index contributed by atoms with van der Waals surface area (Å²) >= 11 is 0. The van der Waals surface area contributed by atoms with Crippen LogP contribution in [0.5, 0.6) is 0 Å². The summed E-state index contributed by atoms with van der Waals surface area (Å²) in [6.45, 7) is 5.53. The number of likely N-dealkylation sites (tertiary alicyclic amines) is 1. The van der Waals surface area contributed by atoms with Gasteiger partial charge in [0.15, 0.2) is 5.78 Å². The van der Waals surface area contributed by atoms with Gasteiger partial charge in [-0.15, -0.1) is 0 Å². The van der Waals surface area contributed by atoms with E-state index >= 15 is 0 Å². The molecular formula is C30H31F3N4O2. The fourth-order valence-electron chi connectivity index (χ4n) is 5.42. The first-order valence-electron chi connectivity index (χ1n) is 13.4. The molecule has 1 aliphatic heterocycles. The van der Waals surface area contributed by atoms with Gasteiger partial charge in [0.1, 0.15) is 11.6 Å². The fourth-order valence-corrected chi connectivity index (χ4v) is 5.42. The fraction of sp³-hybridized carbons (Fsp3) is 0.400. The monoisotopic (exact) mass is 536 g/mol. The largest absolute Gasteiger partial charge is 0.454 e. The quantitative estimate of drug-likeness (QED) is 0.213.